The van der Waals surface area contributed by atoms with E-state index in [0.717, 1.165) is 12.1 Å². The van der Waals surface area contributed by atoms with Gasteiger partial charge >= 0.3 is 0 Å². The summed E-state index contributed by atoms with van der Waals surface area (Å²) in [7, 11) is -1.65. The average molecular weight is 385 g/mol. The molecule has 2 aromatic rings. The Balaban J connectivity index is 1.62. The van der Waals surface area contributed by atoms with Crippen LogP contribution in [0.15, 0.2) is 53.4 Å². The van der Waals surface area contributed by atoms with E-state index in [1.807, 2.05) is 19.2 Å². The Bertz CT molecular complexity index is 1020. The average Bonchev–Trinajstić information content (AvgIpc) is 3.18. The zero-order valence-electron chi connectivity index (χ0n) is 14.9. The van der Waals surface area contributed by atoms with Gasteiger partial charge in [-0.3, -0.25) is 4.90 Å². The van der Waals surface area contributed by atoms with Crippen molar-refractivity contribution >= 4 is 10.0 Å². The molecule has 0 spiro atoms. The fraction of sp³-hybridized carbons (Fsp3) is 0.350. The molecule has 7 heteroatoms. The molecular formula is C20H20FN3O2S. The minimum absolute atomic E-state index is 0.00339. The number of nitriles is 1. The van der Waals surface area contributed by atoms with Gasteiger partial charge in [0, 0.05) is 25.7 Å². The van der Waals surface area contributed by atoms with E-state index in [-0.39, 0.29) is 28.6 Å². The van der Waals surface area contributed by atoms with Gasteiger partial charge in [-0.15, -0.1) is 0 Å². The first kappa shape index (κ1) is 18.1. The van der Waals surface area contributed by atoms with Crippen molar-refractivity contribution in [2.75, 3.05) is 26.7 Å². The van der Waals surface area contributed by atoms with Crippen LogP contribution in [0.1, 0.15) is 17.2 Å². The number of likely N-dealkylation sites (tertiary alicyclic amines) is 1. The lowest BCUT2D eigenvalue weighted by Gasteiger charge is -2.26. The molecule has 2 fully saturated rings. The predicted octanol–water partition coefficient (Wildman–Crippen LogP) is 2.62. The second-order valence-electron chi connectivity index (χ2n) is 7.33. The van der Waals surface area contributed by atoms with E-state index in [1.54, 1.807) is 18.2 Å². The number of hydrogen-bond acceptors (Lipinski definition) is 4. The third-order valence-electron chi connectivity index (χ3n) is 5.65. The van der Waals surface area contributed by atoms with Crippen LogP contribution in [0.25, 0.3) is 0 Å². The zero-order chi connectivity index (χ0) is 19.2. The van der Waals surface area contributed by atoms with Gasteiger partial charge in [-0.05, 0) is 54.8 Å². The maximum atomic E-state index is 13.7. The Kier molecular flexibility index (Phi) is 4.50. The van der Waals surface area contributed by atoms with Gasteiger partial charge in [-0.1, -0.05) is 18.2 Å². The zero-order valence-corrected chi connectivity index (χ0v) is 15.7. The van der Waals surface area contributed by atoms with Crippen molar-refractivity contribution in [1.82, 2.24) is 9.21 Å². The Morgan fingerprint density at radius 1 is 1.11 bits per heavy atom. The van der Waals surface area contributed by atoms with E-state index in [1.165, 1.54) is 28.6 Å². The smallest absolute Gasteiger partial charge is 0.243 e. The van der Waals surface area contributed by atoms with Crippen molar-refractivity contribution in [3.63, 3.8) is 0 Å². The fourth-order valence-electron chi connectivity index (χ4n) is 4.48. The van der Waals surface area contributed by atoms with Crippen molar-refractivity contribution in [3.05, 3.63) is 65.5 Å². The van der Waals surface area contributed by atoms with Gasteiger partial charge < -0.3 is 0 Å². The highest BCUT2D eigenvalue weighted by Gasteiger charge is 2.49. The lowest BCUT2D eigenvalue weighted by atomic mass is 9.89. The number of sulfonamides is 1. The molecule has 2 aliphatic rings. The Morgan fingerprint density at radius 2 is 1.89 bits per heavy atom. The van der Waals surface area contributed by atoms with E-state index < -0.39 is 10.0 Å². The van der Waals surface area contributed by atoms with E-state index >= 15 is 0 Å². The molecule has 0 amide bonds. The van der Waals surface area contributed by atoms with Crippen LogP contribution in [0.3, 0.4) is 0 Å². The molecule has 2 saturated heterocycles. The number of rotatable bonds is 3. The number of hydrogen-bond donors (Lipinski definition) is 0. The van der Waals surface area contributed by atoms with E-state index in [9.17, 15) is 12.8 Å². The standard InChI is InChI=1S/C20H20FN3O2S/c1-23-11-16-12-24(27(25,26)18-7-2-4-14(8-18)10-22)13-19(16)20(23)15-5-3-6-17(21)9-15/h2-9,16,19-20H,11-13H2,1H3/t16-,19+,20-/m0/s1. The highest BCUT2D eigenvalue weighted by molar-refractivity contribution is 7.89. The van der Waals surface area contributed by atoms with Crippen LogP contribution in [-0.2, 0) is 10.0 Å². The van der Waals surface area contributed by atoms with Crippen LogP contribution in [0.2, 0.25) is 0 Å². The summed E-state index contributed by atoms with van der Waals surface area (Å²) in [6, 6.07) is 14.7. The summed E-state index contributed by atoms with van der Waals surface area (Å²) >= 11 is 0. The fourth-order valence-corrected chi connectivity index (χ4v) is 6.06. The molecule has 4 rings (SSSR count). The molecule has 3 atom stereocenters. The molecule has 0 unspecified atom stereocenters. The Hall–Kier alpha value is -2.27. The summed E-state index contributed by atoms with van der Waals surface area (Å²) in [4.78, 5) is 2.34. The molecule has 0 N–H and O–H groups in total. The number of nitrogens with zero attached hydrogens (tertiary/aromatic N) is 3. The lowest BCUT2D eigenvalue weighted by Crippen LogP contribution is -2.33. The molecule has 0 radical (unpaired) electrons. The van der Waals surface area contributed by atoms with E-state index in [4.69, 9.17) is 5.26 Å². The first-order valence-corrected chi connectivity index (χ1v) is 10.3. The molecule has 5 nitrogen and oxygen atoms in total. The minimum atomic E-state index is -3.65. The van der Waals surface area contributed by atoms with Gasteiger partial charge in [-0.25, -0.2) is 12.8 Å². The van der Waals surface area contributed by atoms with Gasteiger partial charge in [0.05, 0.1) is 16.5 Å². The third-order valence-corrected chi connectivity index (χ3v) is 7.48. The van der Waals surface area contributed by atoms with Crippen molar-refractivity contribution in [1.29, 1.82) is 5.26 Å². The number of fused-ring (bicyclic) bond motifs is 1. The van der Waals surface area contributed by atoms with E-state index in [2.05, 4.69) is 4.90 Å². The Morgan fingerprint density at radius 3 is 2.63 bits per heavy atom. The predicted molar refractivity (Wildman–Crippen MR) is 98.7 cm³/mol. The lowest BCUT2D eigenvalue weighted by molar-refractivity contribution is 0.260. The van der Waals surface area contributed by atoms with Crippen molar-refractivity contribution in [3.8, 4) is 6.07 Å². The molecule has 0 aliphatic carbocycles. The largest absolute Gasteiger partial charge is 0.299 e. The van der Waals surface area contributed by atoms with Gasteiger partial charge in [0.25, 0.3) is 0 Å². The van der Waals surface area contributed by atoms with Crippen molar-refractivity contribution in [2.24, 2.45) is 11.8 Å². The summed E-state index contributed by atoms with van der Waals surface area (Å²) in [5.41, 5.74) is 1.21. The van der Waals surface area contributed by atoms with Crippen molar-refractivity contribution < 1.29 is 12.8 Å². The monoisotopic (exact) mass is 385 g/mol. The van der Waals surface area contributed by atoms with Crippen LogP contribution < -0.4 is 0 Å². The van der Waals surface area contributed by atoms with Crippen molar-refractivity contribution in [2.45, 2.75) is 10.9 Å². The quantitative estimate of drug-likeness (QED) is 0.815. The Labute approximate surface area is 158 Å². The topological polar surface area (TPSA) is 64.4 Å². The second-order valence-corrected chi connectivity index (χ2v) is 9.26. The molecule has 0 bridgehead atoms. The third kappa shape index (κ3) is 3.14. The van der Waals surface area contributed by atoms with Crippen LogP contribution in [0, 0.1) is 29.0 Å². The first-order valence-electron chi connectivity index (χ1n) is 8.86. The summed E-state index contributed by atoms with van der Waals surface area (Å²) in [6.07, 6.45) is 0. The normalized spacial score (nSPS) is 26.0. The molecule has 27 heavy (non-hydrogen) atoms. The maximum absolute atomic E-state index is 13.7. The molecule has 0 saturated carbocycles. The molecule has 0 aromatic heterocycles. The molecule has 2 aliphatic heterocycles. The summed E-state index contributed by atoms with van der Waals surface area (Å²) in [5.74, 6) is 0.0445. The van der Waals surface area contributed by atoms with E-state index in [0.29, 0.717) is 18.7 Å². The van der Waals surface area contributed by atoms with Crippen LogP contribution in [-0.4, -0.2) is 44.3 Å². The SMILES string of the molecule is CN1C[C@H]2CN(S(=O)(=O)c3cccc(C#N)c3)C[C@H]2[C@@H]1c1cccc(F)c1. The summed E-state index contributed by atoms with van der Waals surface area (Å²) in [5, 5.41) is 9.04. The number of benzene rings is 2. The summed E-state index contributed by atoms with van der Waals surface area (Å²) < 4.78 is 41.3. The van der Waals surface area contributed by atoms with Gasteiger partial charge in [0.1, 0.15) is 5.82 Å². The second kappa shape index (κ2) is 6.71. The van der Waals surface area contributed by atoms with Crippen LogP contribution in [0.5, 0.6) is 0 Å². The van der Waals surface area contributed by atoms with Gasteiger partial charge in [-0.2, -0.15) is 9.57 Å². The van der Waals surface area contributed by atoms with Gasteiger partial charge in [0.2, 0.25) is 10.0 Å². The number of halogens is 1. The van der Waals surface area contributed by atoms with Gasteiger partial charge in [0.15, 0.2) is 0 Å². The molecule has 2 heterocycles. The highest BCUT2D eigenvalue weighted by Crippen LogP contribution is 2.45. The maximum Gasteiger partial charge on any atom is 0.243 e. The minimum Gasteiger partial charge on any atom is -0.299 e. The molecule has 2 aromatic carbocycles. The molecular weight excluding hydrogens is 365 g/mol. The molecule has 140 valence electrons. The van der Waals surface area contributed by atoms with Crippen LogP contribution >= 0.6 is 0 Å². The summed E-state index contributed by atoms with van der Waals surface area (Å²) in [6.45, 7) is 1.62. The highest BCUT2D eigenvalue weighted by atomic mass is 32.2. The van der Waals surface area contributed by atoms with Crippen LogP contribution in [0.4, 0.5) is 4.39 Å². The first-order chi connectivity index (χ1) is 12.9.